The van der Waals surface area contributed by atoms with Crippen molar-refractivity contribution in [2.24, 2.45) is 5.73 Å². The number of nitrogens with two attached hydrogens (primary N) is 1. The molecule has 0 radical (unpaired) electrons. The number of hydrogen-bond acceptors (Lipinski definition) is 4. The third kappa shape index (κ3) is 1.87. The predicted octanol–water partition coefficient (Wildman–Crippen LogP) is 0.402. The van der Waals surface area contributed by atoms with Crippen molar-refractivity contribution in [1.82, 2.24) is 10.2 Å². The van der Waals surface area contributed by atoms with Gasteiger partial charge in [0.2, 0.25) is 0 Å². The van der Waals surface area contributed by atoms with Gasteiger partial charge in [0.1, 0.15) is 0 Å². The maximum atomic E-state index is 11.5. The van der Waals surface area contributed by atoms with Crippen LogP contribution in [0, 0.1) is 0 Å². The minimum atomic E-state index is -0.342. The number of nitrogens with zero attached hydrogens (tertiary/aromatic N) is 1. The first kappa shape index (κ1) is 10.2. The van der Waals surface area contributed by atoms with Crippen molar-refractivity contribution in [2.45, 2.75) is 32.2 Å². The Morgan fingerprint density at radius 3 is 3.27 bits per heavy atom. The largest absolute Gasteiger partial charge is 0.461 e. The van der Waals surface area contributed by atoms with Gasteiger partial charge >= 0.3 is 5.97 Å². The van der Waals surface area contributed by atoms with Crippen LogP contribution in [-0.4, -0.2) is 28.8 Å². The number of fused-ring (bicyclic) bond motifs is 1. The second-order valence-electron chi connectivity index (χ2n) is 3.75. The Balaban J connectivity index is 2.24. The molecule has 0 saturated carbocycles. The molecule has 0 spiro atoms. The molecule has 0 aliphatic heterocycles. The smallest absolute Gasteiger partial charge is 0.359 e. The van der Waals surface area contributed by atoms with Crippen LogP contribution < -0.4 is 5.73 Å². The Kier molecular flexibility index (Phi) is 2.73. The molecule has 1 aliphatic rings. The van der Waals surface area contributed by atoms with E-state index in [4.69, 9.17) is 10.5 Å². The number of esters is 1. The first-order chi connectivity index (χ1) is 7.22. The summed E-state index contributed by atoms with van der Waals surface area (Å²) in [6.07, 6.45) is 2.47. The quantitative estimate of drug-likeness (QED) is 0.691. The average Bonchev–Trinajstić information content (AvgIpc) is 2.60. The van der Waals surface area contributed by atoms with Crippen molar-refractivity contribution < 1.29 is 9.53 Å². The summed E-state index contributed by atoms with van der Waals surface area (Å²) in [4.78, 5) is 11.5. The van der Waals surface area contributed by atoms with Crippen LogP contribution in [0.1, 0.15) is 35.1 Å². The standard InChI is InChI=1S/C10H15N3O2/c1-2-15-10(14)9-7-4-3-6(11)5-8(7)12-13-9/h6H,2-5,11H2,1H3,(H,12,13). The summed E-state index contributed by atoms with van der Waals surface area (Å²) in [5.41, 5.74) is 8.22. The van der Waals surface area contributed by atoms with E-state index in [0.717, 1.165) is 30.5 Å². The van der Waals surface area contributed by atoms with E-state index in [2.05, 4.69) is 10.2 Å². The highest BCUT2D eigenvalue weighted by Crippen LogP contribution is 2.22. The van der Waals surface area contributed by atoms with Crippen molar-refractivity contribution in [1.29, 1.82) is 0 Å². The van der Waals surface area contributed by atoms with E-state index < -0.39 is 0 Å². The minimum absolute atomic E-state index is 0.174. The Hall–Kier alpha value is -1.36. The van der Waals surface area contributed by atoms with Gasteiger partial charge in [-0.25, -0.2) is 4.79 Å². The molecule has 1 aromatic rings. The van der Waals surface area contributed by atoms with Gasteiger partial charge in [0.05, 0.1) is 6.61 Å². The van der Waals surface area contributed by atoms with E-state index in [1.54, 1.807) is 6.92 Å². The summed E-state index contributed by atoms with van der Waals surface area (Å²) in [6.45, 7) is 2.16. The van der Waals surface area contributed by atoms with E-state index in [1.165, 1.54) is 0 Å². The van der Waals surface area contributed by atoms with Crippen LogP contribution >= 0.6 is 0 Å². The van der Waals surface area contributed by atoms with E-state index in [1.807, 2.05) is 0 Å². The predicted molar refractivity (Wildman–Crippen MR) is 54.5 cm³/mol. The number of aromatic nitrogens is 2. The molecule has 0 amide bonds. The Labute approximate surface area is 88.0 Å². The Morgan fingerprint density at radius 2 is 2.53 bits per heavy atom. The highest BCUT2D eigenvalue weighted by Gasteiger charge is 2.25. The molecule has 0 aromatic carbocycles. The average molecular weight is 209 g/mol. The molecule has 0 bridgehead atoms. The van der Waals surface area contributed by atoms with Crippen LogP contribution in [-0.2, 0) is 17.6 Å². The SMILES string of the molecule is CCOC(=O)c1n[nH]c2c1CCC(N)C2. The van der Waals surface area contributed by atoms with Crippen molar-refractivity contribution in [2.75, 3.05) is 6.61 Å². The Morgan fingerprint density at radius 1 is 1.73 bits per heavy atom. The molecule has 1 aliphatic carbocycles. The van der Waals surface area contributed by atoms with E-state index in [9.17, 15) is 4.79 Å². The van der Waals surface area contributed by atoms with Gasteiger partial charge < -0.3 is 10.5 Å². The molecule has 15 heavy (non-hydrogen) atoms. The summed E-state index contributed by atoms with van der Waals surface area (Å²) in [5, 5.41) is 6.86. The molecular weight excluding hydrogens is 194 g/mol. The van der Waals surface area contributed by atoms with Crippen LogP contribution in [0.4, 0.5) is 0 Å². The van der Waals surface area contributed by atoms with Crippen LogP contribution in [0.15, 0.2) is 0 Å². The fraction of sp³-hybridized carbons (Fsp3) is 0.600. The fourth-order valence-electron chi connectivity index (χ4n) is 1.90. The summed E-state index contributed by atoms with van der Waals surface area (Å²) >= 11 is 0. The molecule has 1 unspecified atom stereocenters. The van der Waals surface area contributed by atoms with Crippen molar-refractivity contribution in [3.05, 3.63) is 17.0 Å². The van der Waals surface area contributed by atoms with Gasteiger partial charge in [-0.2, -0.15) is 5.10 Å². The number of carbonyl (C=O) groups excluding carboxylic acids is 1. The lowest BCUT2D eigenvalue weighted by Gasteiger charge is -2.17. The second kappa shape index (κ2) is 4.02. The molecule has 2 rings (SSSR count). The lowest BCUT2D eigenvalue weighted by atomic mass is 9.92. The minimum Gasteiger partial charge on any atom is -0.461 e. The van der Waals surface area contributed by atoms with Crippen LogP contribution in [0.3, 0.4) is 0 Å². The number of H-pyrrole nitrogens is 1. The summed E-state index contributed by atoms with van der Waals surface area (Å²) in [5.74, 6) is -0.342. The van der Waals surface area contributed by atoms with Crippen molar-refractivity contribution in [3.63, 3.8) is 0 Å². The maximum absolute atomic E-state index is 11.5. The number of aromatic amines is 1. The van der Waals surface area contributed by atoms with Gasteiger partial charge in [0.15, 0.2) is 5.69 Å². The van der Waals surface area contributed by atoms with E-state index in [-0.39, 0.29) is 12.0 Å². The fourth-order valence-corrected chi connectivity index (χ4v) is 1.90. The molecule has 0 fully saturated rings. The highest BCUT2D eigenvalue weighted by atomic mass is 16.5. The first-order valence-corrected chi connectivity index (χ1v) is 5.21. The summed E-state index contributed by atoms with van der Waals surface area (Å²) < 4.78 is 4.93. The summed E-state index contributed by atoms with van der Waals surface area (Å²) in [7, 11) is 0. The maximum Gasteiger partial charge on any atom is 0.359 e. The molecule has 5 heteroatoms. The molecule has 1 aromatic heterocycles. The first-order valence-electron chi connectivity index (χ1n) is 5.21. The zero-order valence-electron chi connectivity index (χ0n) is 8.75. The van der Waals surface area contributed by atoms with Crippen molar-refractivity contribution >= 4 is 5.97 Å². The molecule has 1 heterocycles. The zero-order chi connectivity index (χ0) is 10.8. The van der Waals surface area contributed by atoms with Crippen LogP contribution in [0.25, 0.3) is 0 Å². The normalized spacial score (nSPS) is 19.7. The van der Waals surface area contributed by atoms with Crippen molar-refractivity contribution in [3.8, 4) is 0 Å². The molecule has 0 saturated heterocycles. The van der Waals surface area contributed by atoms with Gasteiger partial charge in [0.25, 0.3) is 0 Å². The summed E-state index contributed by atoms with van der Waals surface area (Å²) in [6, 6.07) is 0.174. The third-order valence-corrected chi connectivity index (χ3v) is 2.65. The zero-order valence-corrected chi connectivity index (χ0v) is 8.75. The highest BCUT2D eigenvalue weighted by molar-refractivity contribution is 5.89. The molecular formula is C10H15N3O2. The number of rotatable bonds is 2. The molecule has 5 nitrogen and oxygen atoms in total. The number of nitrogens with one attached hydrogen (secondary N) is 1. The topological polar surface area (TPSA) is 81.0 Å². The second-order valence-corrected chi connectivity index (χ2v) is 3.75. The van der Waals surface area contributed by atoms with Gasteiger partial charge in [-0.05, 0) is 19.8 Å². The lowest BCUT2D eigenvalue weighted by molar-refractivity contribution is 0.0518. The molecule has 1 atom stereocenters. The number of carbonyl (C=O) groups is 1. The number of ether oxygens (including phenoxy) is 1. The van der Waals surface area contributed by atoms with Gasteiger partial charge in [-0.3, -0.25) is 5.10 Å². The third-order valence-electron chi connectivity index (χ3n) is 2.65. The Bertz CT molecular complexity index is 373. The van der Waals surface area contributed by atoms with Crippen LogP contribution in [0.2, 0.25) is 0 Å². The van der Waals surface area contributed by atoms with Crippen LogP contribution in [0.5, 0.6) is 0 Å². The van der Waals surface area contributed by atoms with Gasteiger partial charge in [-0.1, -0.05) is 0 Å². The number of hydrogen-bond donors (Lipinski definition) is 2. The van der Waals surface area contributed by atoms with E-state index >= 15 is 0 Å². The molecule has 3 N–H and O–H groups in total. The monoisotopic (exact) mass is 209 g/mol. The molecule has 82 valence electrons. The van der Waals surface area contributed by atoms with Gasteiger partial charge in [0, 0.05) is 23.7 Å². The van der Waals surface area contributed by atoms with E-state index in [0.29, 0.717) is 12.3 Å². The lowest BCUT2D eigenvalue weighted by Crippen LogP contribution is -2.28. The van der Waals surface area contributed by atoms with Gasteiger partial charge in [-0.15, -0.1) is 0 Å².